The number of furan rings is 1. The van der Waals surface area contributed by atoms with Crippen LogP contribution in [-0.2, 0) is 11.3 Å². The van der Waals surface area contributed by atoms with Crippen molar-refractivity contribution in [3.8, 4) is 11.3 Å². The maximum atomic E-state index is 14.3. The summed E-state index contributed by atoms with van der Waals surface area (Å²) >= 11 is 5.98. The third kappa shape index (κ3) is 3.42. The Morgan fingerprint density at radius 2 is 2.12 bits per heavy atom. The summed E-state index contributed by atoms with van der Waals surface area (Å²) in [5.41, 5.74) is 6.87. The third-order valence-electron chi connectivity index (χ3n) is 3.78. The number of fused-ring (bicyclic) bond motifs is 1. The van der Waals surface area contributed by atoms with Crippen molar-refractivity contribution >= 4 is 28.5 Å². The lowest BCUT2D eigenvalue weighted by atomic mass is 10.1. The summed E-state index contributed by atoms with van der Waals surface area (Å²) in [7, 11) is 0. The second-order valence-corrected chi connectivity index (χ2v) is 6.06. The molecule has 124 valence electrons. The van der Waals surface area contributed by atoms with Crippen molar-refractivity contribution in [1.29, 1.82) is 0 Å². The summed E-state index contributed by atoms with van der Waals surface area (Å²) in [5.74, 6) is -0.366. The fraction of sp³-hybridized carbons (Fsp3) is 0.167. The van der Waals surface area contributed by atoms with Gasteiger partial charge in [-0.3, -0.25) is 4.79 Å². The highest BCUT2D eigenvalue weighted by atomic mass is 35.5. The van der Waals surface area contributed by atoms with Crippen LogP contribution in [0.5, 0.6) is 0 Å². The molecule has 3 rings (SSSR count). The minimum absolute atomic E-state index is 0.191. The van der Waals surface area contributed by atoms with Crippen LogP contribution in [-0.4, -0.2) is 11.9 Å². The Labute approximate surface area is 143 Å². The van der Waals surface area contributed by atoms with E-state index in [0.29, 0.717) is 28.3 Å². The van der Waals surface area contributed by atoms with Gasteiger partial charge in [0.05, 0.1) is 6.04 Å². The number of hydrogen-bond acceptors (Lipinski definition) is 3. The van der Waals surface area contributed by atoms with Gasteiger partial charge < -0.3 is 15.5 Å². The molecular formula is C18H16ClFN2O2. The van der Waals surface area contributed by atoms with E-state index in [1.807, 2.05) is 18.2 Å². The number of rotatable bonds is 5. The summed E-state index contributed by atoms with van der Waals surface area (Å²) in [6, 6.07) is 11.7. The molecule has 0 bridgehead atoms. The van der Waals surface area contributed by atoms with Crippen molar-refractivity contribution in [2.75, 3.05) is 0 Å². The van der Waals surface area contributed by atoms with Crippen LogP contribution in [0.3, 0.4) is 0 Å². The SMILES string of the molecule is CC(NCc1cc(F)c2oc(-c3cccc(Cl)c3)cc2c1)C(N)=O. The Hall–Kier alpha value is -2.37. The fourth-order valence-corrected chi connectivity index (χ4v) is 2.62. The molecule has 1 unspecified atom stereocenters. The second-order valence-electron chi connectivity index (χ2n) is 5.62. The zero-order valence-corrected chi connectivity index (χ0v) is 13.7. The summed E-state index contributed by atoms with van der Waals surface area (Å²) < 4.78 is 19.9. The topological polar surface area (TPSA) is 68.3 Å². The van der Waals surface area contributed by atoms with Gasteiger partial charge in [0, 0.05) is 22.5 Å². The Bertz CT molecular complexity index is 907. The van der Waals surface area contributed by atoms with Gasteiger partial charge >= 0.3 is 0 Å². The van der Waals surface area contributed by atoms with Crippen molar-refractivity contribution in [1.82, 2.24) is 5.32 Å². The molecule has 1 amide bonds. The van der Waals surface area contributed by atoms with E-state index >= 15 is 0 Å². The predicted octanol–water partition coefficient (Wildman–Crippen LogP) is 3.86. The first kappa shape index (κ1) is 16.5. The monoisotopic (exact) mass is 346 g/mol. The number of primary amides is 1. The van der Waals surface area contributed by atoms with E-state index in [1.165, 1.54) is 6.07 Å². The van der Waals surface area contributed by atoms with E-state index in [4.69, 9.17) is 21.8 Å². The van der Waals surface area contributed by atoms with Gasteiger partial charge in [-0.25, -0.2) is 4.39 Å². The molecule has 24 heavy (non-hydrogen) atoms. The molecule has 0 aliphatic carbocycles. The Morgan fingerprint density at radius 1 is 1.33 bits per heavy atom. The van der Waals surface area contributed by atoms with Crippen molar-refractivity contribution < 1.29 is 13.6 Å². The zero-order chi connectivity index (χ0) is 17.3. The standard InChI is InChI=1S/C18H16ClFN2O2/c1-10(18(21)23)22-9-11-5-13-8-16(24-17(13)15(20)6-11)12-3-2-4-14(19)7-12/h2-8,10,22H,9H2,1H3,(H2,21,23). The lowest BCUT2D eigenvalue weighted by Gasteiger charge is -2.09. The maximum Gasteiger partial charge on any atom is 0.234 e. The van der Waals surface area contributed by atoms with E-state index in [9.17, 15) is 9.18 Å². The molecule has 1 heterocycles. The number of amides is 1. The van der Waals surface area contributed by atoms with Gasteiger partial charge in [0.1, 0.15) is 5.76 Å². The minimum atomic E-state index is -0.491. The number of benzene rings is 2. The highest BCUT2D eigenvalue weighted by Crippen LogP contribution is 2.31. The van der Waals surface area contributed by atoms with Gasteiger partial charge in [-0.15, -0.1) is 0 Å². The average Bonchev–Trinajstić information content (AvgIpc) is 2.97. The highest BCUT2D eigenvalue weighted by Gasteiger charge is 2.13. The molecule has 3 N–H and O–H groups in total. The quantitative estimate of drug-likeness (QED) is 0.737. The summed E-state index contributed by atoms with van der Waals surface area (Å²) in [6.07, 6.45) is 0. The smallest absolute Gasteiger partial charge is 0.234 e. The van der Waals surface area contributed by atoms with Crippen LogP contribution in [0.4, 0.5) is 4.39 Å². The molecular weight excluding hydrogens is 331 g/mol. The molecule has 0 aliphatic heterocycles. The Morgan fingerprint density at radius 3 is 2.83 bits per heavy atom. The Balaban J connectivity index is 1.92. The van der Waals surface area contributed by atoms with Crippen molar-refractivity contribution in [2.45, 2.75) is 19.5 Å². The number of nitrogens with one attached hydrogen (secondary N) is 1. The van der Waals surface area contributed by atoms with Gasteiger partial charge in [-0.1, -0.05) is 23.7 Å². The van der Waals surface area contributed by atoms with E-state index in [1.54, 1.807) is 25.1 Å². The Kier molecular flexibility index (Phi) is 4.55. The molecule has 0 saturated heterocycles. The molecule has 3 aromatic rings. The summed E-state index contributed by atoms with van der Waals surface area (Å²) in [4.78, 5) is 11.0. The predicted molar refractivity (Wildman–Crippen MR) is 92.1 cm³/mol. The van der Waals surface area contributed by atoms with Gasteiger partial charge in [0.25, 0.3) is 0 Å². The van der Waals surface area contributed by atoms with E-state index in [2.05, 4.69) is 5.32 Å². The summed E-state index contributed by atoms with van der Waals surface area (Å²) in [5, 5.41) is 4.18. The first-order chi connectivity index (χ1) is 11.4. The number of carbonyl (C=O) groups excluding carboxylic acids is 1. The normalized spacial score (nSPS) is 12.5. The summed E-state index contributed by atoms with van der Waals surface area (Å²) in [6.45, 7) is 1.99. The molecule has 2 aromatic carbocycles. The van der Waals surface area contributed by atoms with Crippen LogP contribution in [0, 0.1) is 5.82 Å². The first-order valence-electron chi connectivity index (χ1n) is 7.44. The molecule has 0 aliphatic rings. The van der Waals surface area contributed by atoms with Gasteiger partial charge in [0.2, 0.25) is 5.91 Å². The number of nitrogens with two attached hydrogens (primary N) is 1. The van der Waals surface area contributed by atoms with Gasteiger partial charge in [0.15, 0.2) is 11.4 Å². The second kappa shape index (κ2) is 6.63. The van der Waals surface area contributed by atoms with Crippen molar-refractivity contribution in [3.63, 3.8) is 0 Å². The fourth-order valence-electron chi connectivity index (χ4n) is 2.43. The van der Waals surface area contributed by atoms with Crippen molar-refractivity contribution in [2.24, 2.45) is 5.73 Å². The maximum absolute atomic E-state index is 14.3. The van der Waals surface area contributed by atoms with Crippen LogP contribution in [0.25, 0.3) is 22.3 Å². The van der Waals surface area contributed by atoms with Crippen LogP contribution >= 0.6 is 11.6 Å². The van der Waals surface area contributed by atoms with Crippen LogP contribution in [0.15, 0.2) is 46.9 Å². The highest BCUT2D eigenvalue weighted by molar-refractivity contribution is 6.30. The van der Waals surface area contributed by atoms with Crippen LogP contribution in [0.2, 0.25) is 5.02 Å². The van der Waals surface area contributed by atoms with Crippen LogP contribution < -0.4 is 11.1 Å². The molecule has 0 fully saturated rings. The van der Waals surface area contributed by atoms with Gasteiger partial charge in [-0.05, 0) is 42.8 Å². The van der Waals surface area contributed by atoms with E-state index in [-0.39, 0.29) is 5.58 Å². The van der Waals surface area contributed by atoms with E-state index in [0.717, 1.165) is 5.56 Å². The largest absolute Gasteiger partial charge is 0.453 e. The molecule has 0 spiro atoms. The number of carbonyl (C=O) groups is 1. The first-order valence-corrected chi connectivity index (χ1v) is 7.82. The average molecular weight is 347 g/mol. The molecule has 4 nitrogen and oxygen atoms in total. The molecule has 0 saturated carbocycles. The van der Waals surface area contributed by atoms with E-state index < -0.39 is 17.8 Å². The van der Waals surface area contributed by atoms with Crippen LogP contribution in [0.1, 0.15) is 12.5 Å². The zero-order valence-electron chi connectivity index (χ0n) is 13.0. The number of halogens is 2. The van der Waals surface area contributed by atoms with Gasteiger partial charge in [-0.2, -0.15) is 0 Å². The third-order valence-corrected chi connectivity index (χ3v) is 4.01. The van der Waals surface area contributed by atoms with Crippen molar-refractivity contribution in [3.05, 3.63) is 58.9 Å². The number of hydrogen-bond donors (Lipinski definition) is 2. The molecule has 0 radical (unpaired) electrons. The molecule has 1 aromatic heterocycles. The molecule has 1 atom stereocenters. The minimum Gasteiger partial charge on any atom is -0.453 e. The lowest BCUT2D eigenvalue weighted by Crippen LogP contribution is -2.38. The molecule has 6 heteroatoms. The lowest BCUT2D eigenvalue weighted by molar-refractivity contribution is -0.119.